The maximum atomic E-state index is 13.4. The van der Waals surface area contributed by atoms with Crippen LogP contribution >= 0.6 is 0 Å². The van der Waals surface area contributed by atoms with Crippen molar-refractivity contribution in [2.24, 2.45) is 0 Å². The van der Waals surface area contributed by atoms with E-state index in [0.717, 1.165) is 17.7 Å². The molecule has 3 N–H and O–H groups in total. The summed E-state index contributed by atoms with van der Waals surface area (Å²) in [5, 5.41) is 8.50. The second kappa shape index (κ2) is 9.95. The molecule has 0 heterocycles. The van der Waals surface area contributed by atoms with Gasteiger partial charge < -0.3 is 16.0 Å². The lowest BCUT2D eigenvalue weighted by atomic mass is 10.1. The maximum absolute atomic E-state index is 13.4. The van der Waals surface area contributed by atoms with Crippen LogP contribution in [0, 0.1) is 18.6 Å². The summed E-state index contributed by atoms with van der Waals surface area (Å²) >= 11 is 0. The van der Waals surface area contributed by atoms with Crippen molar-refractivity contribution in [2.75, 3.05) is 17.2 Å². The molecule has 0 aliphatic heterocycles. The van der Waals surface area contributed by atoms with Crippen molar-refractivity contribution in [1.29, 1.82) is 0 Å². The van der Waals surface area contributed by atoms with E-state index < -0.39 is 11.6 Å². The normalized spacial score (nSPS) is 11.6. The van der Waals surface area contributed by atoms with Gasteiger partial charge in [0.1, 0.15) is 0 Å². The van der Waals surface area contributed by atoms with E-state index in [4.69, 9.17) is 0 Å². The molecule has 0 saturated heterocycles. The van der Waals surface area contributed by atoms with E-state index in [1.54, 1.807) is 37.3 Å². The van der Waals surface area contributed by atoms with Crippen molar-refractivity contribution in [2.45, 2.75) is 19.9 Å². The van der Waals surface area contributed by atoms with Gasteiger partial charge >= 0.3 is 0 Å². The molecule has 0 aromatic heterocycles. The van der Waals surface area contributed by atoms with Crippen LogP contribution < -0.4 is 16.0 Å². The van der Waals surface area contributed by atoms with Crippen LogP contribution in [0.3, 0.4) is 0 Å². The topological polar surface area (TPSA) is 70.2 Å². The number of rotatable bonds is 7. The highest BCUT2D eigenvalue weighted by atomic mass is 19.2. The second-order valence-corrected chi connectivity index (χ2v) is 7.19. The van der Waals surface area contributed by atoms with E-state index in [9.17, 15) is 18.4 Å². The summed E-state index contributed by atoms with van der Waals surface area (Å²) in [6, 6.07) is 17.3. The molecule has 3 aromatic rings. The molecule has 0 unspecified atom stereocenters. The first-order valence-corrected chi connectivity index (χ1v) is 9.78. The standard InChI is InChI=1S/C24H23F2N3O2/c1-15-6-5-7-18(12-15)28-24(31)19-8-3-4-9-22(19)29-23(30)14-27-16(2)17-10-11-20(25)21(26)13-17/h3-13,16,27H,14H2,1-2H3,(H,28,31)(H,29,30)/t16-/m1/s1. The van der Waals surface area contributed by atoms with Crippen LogP contribution in [0.4, 0.5) is 20.2 Å². The lowest BCUT2D eigenvalue weighted by Crippen LogP contribution is -2.30. The number of carbonyl (C=O) groups is 2. The summed E-state index contributed by atoms with van der Waals surface area (Å²) in [4.78, 5) is 25.1. The maximum Gasteiger partial charge on any atom is 0.257 e. The fourth-order valence-electron chi connectivity index (χ4n) is 3.05. The number of amides is 2. The number of anilines is 2. The lowest BCUT2D eigenvalue weighted by molar-refractivity contribution is -0.115. The Bertz CT molecular complexity index is 1100. The smallest absolute Gasteiger partial charge is 0.257 e. The zero-order chi connectivity index (χ0) is 22.4. The first kappa shape index (κ1) is 22.1. The summed E-state index contributed by atoms with van der Waals surface area (Å²) in [7, 11) is 0. The number of hydrogen-bond acceptors (Lipinski definition) is 3. The van der Waals surface area contributed by atoms with Crippen LogP contribution in [-0.2, 0) is 4.79 Å². The van der Waals surface area contributed by atoms with E-state index in [-0.39, 0.29) is 24.4 Å². The molecular formula is C24H23F2N3O2. The zero-order valence-corrected chi connectivity index (χ0v) is 17.2. The van der Waals surface area contributed by atoms with Gasteiger partial charge in [-0.25, -0.2) is 8.78 Å². The molecule has 0 radical (unpaired) electrons. The molecule has 2 amide bonds. The zero-order valence-electron chi connectivity index (χ0n) is 17.2. The molecular weight excluding hydrogens is 400 g/mol. The molecule has 0 aliphatic rings. The SMILES string of the molecule is Cc1cccc(NC(=O)c2ccccc2NC(=O)CN[C@H](C)c2ccc(F)c(F)c2)c1. The second-order valence-electron chi connectivity index (χ2n) is 7.19. The third-order valence-electron chi connectivity index (χ3n) is 4.73. The number of halogens is 2. The van der Waals surface area contributed by atoms with Crippen LogP contribution in [0.1, 0.15) is 34.5 Å². The number of carbonyl (C=O) groups excluding carboxylic acids is 2. The molecule has 7 heteroatoms. The van der Waals surface area contributed by atoms with E-state index in [2.05, 4.69) is 16.0 Å². The lowest BCUT2D eigenvalue weighted by Gasteiger charge is -2.15. The van der Waals surface area contributed by atoms with Crippen LogP contribution in [0.2, 0.25) is 0 Å². The van der Waals surface area contributed by atoms with Crippen molar-refractivity contribution >= 4 is 23.2 Å². The van der Waals surface area contributed by atoms with E-state index in [0.29, 0.717) is 22.5 Å². The minimum absolute atomic E-state index is 0.0754. The van der Waals surface area contributed by atoms with Gasteiger partial charge in [-0.2, -0.15) is 0 Å². The molecule has 0 fully saturated rings. The quantitative estimate of drug-likeness (QED) is 0.511. The number of hydrogen-bond donors (Lipinski definition) is 3. The Morgan fingerprint density at radius 1 is 0.903 bits per heavy atom. The highest BCUT2D eigenvalue weighted by molar-refractivity contribution is 6.10. The monoisotopic (exact) mass is 423 g/mol. The van der Waals surface area contributed by atoms with Gasteiger partial charge in [-0.15, -0.1) is 0 Å². The van der Waals surface area contributed by atoms with Crippen molar-refractivity contribution in [3.63, 3.8) is 0 Å². The van der Waals surface area contributed by atoms with E-state index >= 15 is 0 Å². The Hall–Kier alpha value is -3.58. The van der Waals surface area contributed by atoms with Crippen molar-refractivity contribution in [3.8, 4) is 0 Å². The van der Waals surface area contributed by atoms with Crippen LogP contribution in [0.5, 0.6) is 0 Å². The van der Waals surface area contributed by atoms with Gasteiger partial charge in [0.2, 0.25) is 5.91 Å². The Morgan fingerprint density at radius 3 is 2.42 bits per heavy atom. The van der Waals surface area contributed by atoms with Crippen molar-refractivity contribution < 1.29 is 18.4 Å². The molecule has 3 rings (SSSR count). The largest absolute Gasteiger partial charge is 0.324 e. The van der Waals surface area contributed by atoms with E-state index in [1.807, 2.05) is 25.1 Å². The average molecular weight is 423 g/mol. The highest BCUT2D eigenvalue weighted by Crippen LogP contribution is 2.19. The third-order valence-corrected chi connectivity index (χ3v) is 4.73. The predicted molar refractivity (Wildman–Crippen MR) is 117 cm³/mol. The fraction of sp³-hybridized carbons (Fsp3) is 0.167. The molecule has 0 aliphatic carbocycles. The Kier molecular flexibility index (Phi) is 7.10. The minimum Gasteiger partial charge on any atom is -0.324 e. The van der Waals surface area contributed by atoms with Crippen LogP contribution in [-0.4, -0.2) is 18.4 Å². The molecule has 0 saturated carbocycles. The summed E-state index contributed by atoms with van der Waals surface area (Å²) in [5.74, 6) is -2.58. The van der Waals surface area contributed by atoms with Crippen molar-refractivity contribution in [3.05, 3.63) is 95.1 Å². The average Bonchev–Trinajstić information content (AvgIpc) is 2.74. The highest BCUT2D eigenvalue weighted by Gasteiger charge is 2.15. The van der Waals surface area contributed by atoms with E-state index in [1.165, 1.54) is 6.07 Å². The summed E-state index contributed by atoms with van der Waals surface area (Å²) in [5.41, 5.74) is 2.89. The molecule has 0 bridgehead atoms. The van der Waals surface area contributed by atoms with Gasteiger partial charge in [0.25, 0.3) is 5.91 Å². The summed E-state index contributed by atoms with van der Waals surface area (Å²) in [6.07, 6.45) is 0. The number of para-hydroxylation sites is 1. The van der Waals surface area contributed by atoms with Crippen LogP contribution in [0.25, 0.3) is 0 Å². The van der Waals surface area contributed by atoms with Gasteiger partial charge in [0.05, 0.1) is 17.8 Å². The van der Waals surface area contributed by atoms with Gasteiger partial charge in [-0.1, -0.05) is 30.3 Å². The number of aryl methyl sites for hydroxylation is 1. The molecule has 31 heavy (non-hydrogen) atoms. The molecule has 3 aromatic carbocycles. The number of nitrogens with one attached hydrogen (secondary N) is 3. The predicted octanol–water partition coefficient (Wildman–Crippen LogP) is 4.81. The molecule has 5 nitrogen and oxygen atoms in total. The minimum atomic E-state index is -0.941. The molecule has 0 spiro atoms. The number of benzene rings is 3. The Labute approximate surface area is 179 Å². The third kappa shape index (κ3) is 5.96. The van der Waals surface area contributed by atoms with Crippen LogP contribution in [0.15, 0.2) is 66.7 Å². The molecule has 1 atom stereocenters. The molecule has 160 valence electrons. The fourth-order valence-corrected chi connectivity index (χ4v) is 3.05. The van der Waals surface area contributed by atoms with Crippen molar-refractivity contribution in [1.82, 2.24) is 5.32 Å². The van der Waals surface area contributed by atoms with Gasteiger partial charge in [0.15, 0.2) is 11.6 Å². The summed E-state index contributed by atoms with van der Waals surface area (Å²) in [6.45, 7) is 3.59. The van der Waals surface area contributed by atoms with Gasteiger partial charge in [-0.3, -0.25) is 9.59 Å². The van der Waals surface area contributed by atoms with Gasteiger partial charge in [-0.05, 0) is 61.4 Å². The van der Waals surface area contributed by atoms with Gasteiger partial charge in [0, 0.05) is 11.7 Å². The Morgan fingerprint density at radius 2 is 1.68 bits per heavy atom. The summed E-state index contributed by atoms with van der Waals surface area (Å²) < 4.78 is 26.5. The first-order chi connectivity index (χ1) is 14.8. The first-order valence-electron chi connectivity index (χ1n) is 9.78. The Balaban J connectivity index is 1.62.